The van der Waals surface area contributed by atoms with Crippen molar-refractivity contribution in [2.45, 2.75) is 13.0 Å². The summed E-state index contributed by atoms with van der Waals surface area (Å²) < 4.78 is 9.93. The fourth-order valence-corrected chi connectivity index (χ4v) is 2.79. The lowest BCUT2D eigenvalue weighted by atomic mass is 10.1. The second kappa shape index (κ2) is 10.5. The molecule has 0 radical (unpaired) electrons. The molecule has 0 bridgehead atoms. The number of likely N-dealkylation sites (tertiary alicyclic amines) is 1. The Hall–Kier alpha value is -1.35. The van der Waals surface area contributed by atoms with E-state index < -0.39 is 0 Å². The lowest BCUT2D eigenvalue weighted by Crippen LogP contribution is -2.39. The molecule has 1 atom stereocenters. The van der Waals surface area contributed by atoms with Crippen LogP contribution in [0, 0.1) is 5.92 Å². The van der Waals surface area contributed by atoms with Gasteiger partial charge in [0, 0.05) is 39.7 Å². The van der Waals surface area contributed by atoms with Gasteiger partial charge in [0.2, 0.25) is 0 Å². The standard InChI is InChI=1S/C17H25N3O3.HI/c1-18-17(20-9-8-14(11-20)12-22-2)19-10-13-4-6-15(7-5-13)16(21)23-3;/h4-7,14H,8-12H2,1-3H3,(H,18,19);1H. The minimum atomic E-state index is -0.318. The van der Waals surface area contributed by atoms with Gasteiger partial charge in [-0.25, -0.2) is 4.79 Å². The lowest BCUT2D eigenvalue weighted by Gasteiger charge is -2.21. The van der Waals surface area contributed by atoms with Crippen LogP contribution in [0.15, 0.2) is 29.3 Å². The molecule has 1 unspecified atom stereocenters. The SMILES string of the molecule is CN=C(NCc1ccc(C(=O)OC)cc1)N1CCC(COC)C1.I. The number of benzene rings is 1. The van der Waals surface area contributed by atoms with E-state index in [0.717, 1.165) is 37.6 Å². The molecular weight excluding hydrogens is 421 g/mol. The Morgan fingerprint density at radius 3 is 2.62 bits per heavy atom. The zero-order valence-electron chi connectivity index (χ0n) is 14.4. The quantitative estimate of drug-likeness (QED) is 0.325. The number of esters is 1. The van der Waals surface area contributed by atoms with E-state index in [2.05, 4.69) is 15.2 Å². The monoisotopic (exact) mass is 447 g/mol. The van der Waals surface area contributed by atoms with Crippen molar-refractivity contribution < 1.29 is 14.3 Å². The van der Waals surface area contributed by atoms with E-state index in [1.54, 1.807) is 26.3 Å². The highest BCUT2D eigenvalue weighted by molar-refractivity contribution is 14.0. The van der Waals surface area contributed by atoms with Crippen molar-refractivity contribution in [2.24, 2.45) is 10.9 Å². The number of ether oxygens (including phenoxy) is 2. The maximum Gasteiger partial charge on any atom is 0.337 e. The van der Waals surface area contributed by atoms with Crippen molar-refractivity contribution in [3.8, 4) is 0 Å². The highest BCUT2D eigenvalue weighted by atomic mass is 127. The van der Waals surface area contributed by atoms with Crippen molar-refractivity contribution in [3.63, 3.8) is 0 Å². The number of nitrogens with zero attached hydrogens (tertiary/aromatic N) is 2. The number of halogens is 1. The summed E-state index contributed by atoms with van der Waals surface area (Å²) in [5.74, 6) is 1.15. The molecule has 0 saturated carbocycles. The van der Waals surface area contributed by atoms with Crippen molar-refractivity contribution in [1.29, 1.82) is 0 Å². The van der Waals surface area contributed by atoms with Gasteiger partial charge in [-0.1, -0.05) is 12.1 Å². The third-order valence-electron chi connectivity index (χ3n) is 4.03. The molecule has 1 aliphatic rings. The number of hydrogen-bond donors (Lipinski definition) is 1. The molecule has 0 aliphatic carbocycles. The summed E-state index contributed by atoms with van der Waals surface area (Å²) in [5.41, 5.74) is 1.65. The molecule has 1 fully saturated rings. The molecular formula is C17H26IN3O3. The number of carbonyl (C=O) groups is 1. The van der Waals surface area contributed by atoms with Crippen molar-refractivity contribution in [2.75, 3.05) is 41.0 Å². The first kappa shape index (κ1) is 20.7. The summed E-state index contributed by atoms with van der Waals surface area (Å²) in [6.07, 6.45) is 1.13. The molecule has 2 rings (SSSR count). The van der Waals surface area contributed by atoms with Crippen LogP contribution in [0.3, 0.4) is 0 Å². The summed E-state index contributed by atoms with van der Waals surface area (Å²) in [4.78, 5) is 18.0. The van der Waals surface area contributed by atoms with Crippen LogP contribution in [0.25, 0.3) is 0 Å². The summed E-state index contributed by atoms with van der Waals surface area (Å²) >= 11 is 0. The van der Waals surface area contributed by atoms with Gasteiger partial charge in [0.05, 0.1) is 19.3 Å². The number of methoxy groups -OCH3 is 2. The van der Waals surface area contributed by atoms with Gasteiger partial charge in [0.25, 0.3) is 0 Å². The van der Waals surface area contributed by atoms with Crippen LogP contribution in [0.1, 0.15) is 22.3 Å². The smallest absolute Gasteiger partial charge is 0.337 e. The van der Waals surface area contributed by atoms with Gasteiger partial charge in [0.15, 0.2) is 5.96 Å². The third-order valence-corrected chi connectivity index (χ3v) is 4.03. The van der Waals surface area contributed by atoms with Crippen molar-refractivity contribution in [1.82, 2.24) is 10.2 Å². The number of aliphatic imine (C=N–C) groups is 1. The van der Waals surface area contributed by atoms with Crippen LogP contribution in [0.5, 0.6) is 0 Å². The largest absolute Gasteiger partial charge is 0.465 e. The number of nitrogens with one attached hydrogen (secondary N) is 1. The molecule has 0 amide bonds. The Balaban J connectivity index is 0.00000288. The topological polar surface area (TPSA) is 63.2 Å². The van der Waals surface area contributed by atoms with Gasteiger partial charge < -0.3 is 19.7 Å². The van der Waals surface area contributed by atoms with Gasteiger partial charge >= 0.3 is 5.97 Å². The molecule has 0 aromatic heterocycles. The van der Waals surface area contributed by atoms with Crippen molar-refractivity contribution in [3.05, 3.63) is 35.4 Å². The molecule has 6 nitrogen and oxygen atoms in total. The van der Waals surface area contributed by atoms with Gasteiger partial charge in [-0.05, 0) is 24.1 Å². The molecule has 7 heteroatoms. The van der Waals surface area contributed by atoms with Crippen LogP contribution < -0.4 is 5.32 Å². The predicted octanol–water partition coefficient (Wildman–Crippen LogP) is 2.13. The Labute approximate surface area is 160 Å². The highest BCUT2D eigenvalue weighted by Gasteiger charge is 2.24. The predicted molar refractivity (Wildman–Crippen MR) is 105 cm³/mol. The first-order valence-corrected chi connectivity index (χ1v) is 7.79. The van der Waals surface area contributed by atoms with E-state index in [1.807, 2.05) is 12.1 Å². The first-order chi connectivity index (χ1) is 11.2. The zero-order valence-corrected chi connectivity index (χ0v) is 16.8. The molecule has 1 aliphatic heterocycles. The normalized spacial score (nSPS) is 17.4. The van der Waals surface area contributed by atoms with Gasteiger partial charge in [-0.2, -0.15) is 0 Å². The van der Waals surface area contributed by atoms with Gasteiger partial charge in [0.1, 0.15) is 0 Å². The van der Waals surface area contributed by atoms with E-state index in [1.165, 1.54) is 7.11 Å². The number of rotatable bonds is 5. The Kier molecular flexibility index (Phi) is 9.05. The molecule has 1 N–H and O–H groups in total. The Morgan fingerprint density at radius 2 is 2.04 bits per heavy atom. The summed E-state index contributed by atoms with van der Waals surface area (Å²) in [6, 6.07) is 7.39. The maximum absolute atomic E-state index is 11.4. The molecule has 0 spiro atoms. The van der Waals surface area contributed by atoms with E-state index >= 15 is 0 Å². The van der Waals surface area contributed by atoms with Crippen molar-refractivity contribution >= 4 is 35.9 Å². The molecule has 24 heavy (non-hydrogen) atoms. The summed E-state index contributed by atoms with van der Waals surface area (Å²) in [6.45, 7) is 3.42. The van der Waals surface area contributed by atoms with Gasteiger partial charge in [-0.15, -0.1) is 24.0 Å². The third kappa shape index (κ3) is 5.62. The average molecular weight is 447 g/mol. The van der Waals surface area contributed by atoms with E-state index in [9.17, 15) is 4.79 Å². The van der Waals surface area contributed by atoms with Crippen LogP contribution in [0.2, 0.25) is 0 Å². The average Bonchev–Trinajstić information content (AvgIpc) is 3.04. The molecule has 1 aromatic carbocycles. The zero-order chi connectivity index (χ0) is 16.7. The Bertz CT molecular complexity index is 549. The molecule has 1 aromatic rings. The molecule has 134 valence electrons. The number of guanidine groups is 1. The summed E-state index contributed by atoms with van der Waals surface area (Å²) in [7, 11) is 4.93. The molecule has 1 saturated heterocycles. The summed E-state index contributed by atoms with van der Waals surface area (Å²) in [5, 5.41) is 3.37. The Morgan fingerprint density at radius 1 is 1.33 bits per heavy atom. The highest BCUT2D eigenvalue weighted by Crippen LogP contribution is 2.16. The fourth-order valence-electron chi connectivity index (χ4n) is 2.79. The van der Waals surface area contributed by atoms with Gasteiger partial charge in [-0.3, -0.25) is 4.99 Å². The van der Waals surface area contributed by atoms with E-state index in [0.29, 0.717) is 18.0 Å². The molecule has 1 heterocycles. The van der Waals surface area contributed by atoms with Crippen LogP contribution in [-0.4, -0.2) is 57.8 Å². The lowest BCUT2D eigenvalue weighted by molar-refractivity contribution is 0.0600. The van der Waals surface area contributed by atoms with Crippen LogP contribution in [0.4, 0.5) is 0 Å². The number of carbonyl (C=O) groups excluding carboxylic acids is 1. The number of hydrogen-bond acceptors (Lipinski definition) is 4. The fraction of sp³-hybridized carbons (Fsp3) is 0.529. The second-order valence-corrected chi connectivity index (χ2v) is 5.65. The second-order valence-electron chi connectivity index (χ2n) is 5.65. The minimum Gasteiger partial charge on any atom is -0.465 e. The van der Waals surface area contributed by atoms with E-state index in [4.69, 9.17) is 9.47 Å². The maximum atomic E-state index is 11.4. The first-order valence-electron chi connectivity index (χ1n) is 7.79. The van der Waals surface area contributed by atoms with E-state index in [-0.39, 0.29) is 29.9 Å². The van der Waals surface area contributed by atoms with Crippen LogP contribution >= 0.6 is 24.0 Å². The van der Waals surface area contributed by atoms with Crippen LogP contribution in [-0.2, 0) is 16.0 Å². The minimum absolute atomic E-state index is 0.